The van der Waals surface area contributed by atoms with E-state index in [2.05, 4.69) is 76.7 Å². The number of fused-ring (bicyclic) bond motifs is 4. The number of aromatic nitrogens is 1. The van der Waals surface area contributed by atoms with Gasteiger partial charge in [-0.1, -0.05) is 44.2 Å². The first-order valence-electron chi connectivity index (χ1n) is 14.8. The Morgan fingerprint density at radius 2 is 1.60 bits per heavy atom. The van der Waals surface area contributed by atoms with Gasteiger partial charge in [-0.3, -0.25) is 9.69 Å². The van der Waals surface area contributed by atoms with Crippen molar-refractivity contribution < 1.29 is 14.3 Å². The summed E-state index contributed by atoms with van der Waals surface area (Å²) in [5, 5.41) is 2.48. The number of carbonyl (C=O) groups is 1. The van der Waals surface area contributed by atoms with Crippen LogP contribution in [0.1, 0.15) is 36.2 Å². The quantitative estimate of drug-likeness (QED) is 0.275. The van der Waals surface area contributed by atoms with E-state index in [4.69, 9.17) is 9.47 Å². The molecule has 1 saturated heterocycles. The minimum Gasteiger partial charge on any atom is -0.454 e. The molecule has 1 aromatic heterocycles. The molecule has 0 radical (unpaired) electrons. The number of hydrogen-bond acceptors (Lipinski definition) is 5. The van der Waals surface area contributed by atoms with Gasteiger partial charge < -0.3 is 23.8 Å². The van der Waals surface area contributed by atoms with Gasteiger partial charge in [0.15, 0.2) is 11.5 Å². The minimum atomic E-state index is 0.136. The van der Waals surface area contributed by atoms with Crippen molar-refractivity contribution >= 4 is 27.7 Å². The first-order valence-corrected chi connectivity index (χ1v) is 14.8. The number of benzene rings is 3. The van der Waals surface area contributed by atoms with E-state index in [1.54, 1.807) is 0 Å². The lowest BCUT2D eigenvalue weighted by molar-refractivity contribution is 0.0638. The molecule has 1 amide bonds. The summed E-state index contributed by atoms with van der Waals surface area (Å²) in [6.07, 6.45) is 2.04. The van der Waals surface area contributed by atoms with E-state index in [9.17, 15) is 4.79 Å². The minimum absolute atomic E-state index is 0.136. The largest absolute Gasteiger partial charge is 0.454 e. The van der Waals surface area contributed by atoms with E-state index < -0.39 is 0 Å². The number of aryl methyl sites for hydroxylation is 1. The van der Waals surface area contributed by atoms with Crippen LogP contribution in [0.4, 0.5) is 0 Å². The van der Waals surface area contributed by atoms with Gasteiger partial charge in [-0.15, -0.1) is 0 Å². The van der Waals surface area contributed by atoms with Gasteiger partial charge in [0.05, 0.1) is 0 Å². The van der Waals surface area contributed by atoms with E-state index in [-0.39, 0.29) is 5.91 Å². The molecular formula is C33H40N4O3. The topological polar surface area (TPSA) is 50.2 Å². The number of carbonyl (C=O) groups excluding carboxylic acids is 1. The zero-order valence-corrected chi connectivity index (χ0v) is 23.8. The molecule has 3 heterocycles. The van der Waals surface area contributed by atoms with Crippen LogP contribution < -0.4 is 9.47 Å². The molecule has 0 bridgehead atoms. The molecule has 7 heteroatoms. The number of piperazine rings is 1. The molecule has 6 rings (SSSR count). The fourth-order valence-electron chi connectivity index (χ4n) is 6.16. The third kappa shape index (κ3) is 5.40. The first-order chi connectivity index (χ1) is 19.6. The van der Waals surface area contributed by atoms with Gasteiger partial charge in [-0.25, -0.2) is 0 Å². The fraction of sp³-hybridized carbons (Fsp3) is 0.424. The molecule has 210 valence electrons. The maximum Gasteiger partial charge on any atom is 0.254 e. The van der Waals surface area contributed by atoms with Crippen molar-refractivity contribution in [3.8, 4) is 11.5 Å². The van der Waals surface area contributed by atoms with Gasteiger partial charge in [-0.05, 0) is 68.4 Å². The molecule has 2 aliphatic heterocycles. The molecule has 1 fully saturated rings. The highest BCUT2D eigenvalue weighted by Crippen LogP contribution is 2.33. The molecule has 2 aliphatic rings. The third-order valence-corrected chi connectivity index (χ3v) is 8.58. The Morgan fingerprint density at radius 3 is 2.42 bits per heavy atom. The second kappa shape index (κ2) is 11.9. The standard InChI is InChI=1S/C33H40N4O3/c1-3-34(4-2)15-7-16-37-29-9-6-5-8-27(29)28-12-11-26(23-30(28)37)33(38)36-20-18-35(19-21-36)17-14-25-10-13-31-32(22-25)40-24-39-31/h5-6,8-13,22-23H,3-4,7,14-21,24H2,1-2H3. The highest BCUT2D eigenvalue weighted by atomic mass is 16.7. The zero-order chi connectivity index (χ0) is 27.5. The second-order valence-electron chi connectivity index (χ2n) is 10.9. The molecule has 40 heavy (non-hydrogen) atoms. The summed E-state index contributed by atoms with van der Waals surface area (Å²) in [7, 11) is 0. The van der Waals surface area contributed by atoms with Crippen LogP contribution in [0, 0.1) is 0 Å². The normalized spacial score (nSPS) is 15.5. The van der Waals surface area contributed by atoms with E-state index in [0.717, 1.165) is 94.3 Å². The molecular weight excluding hydrogens is 500 g/mol. The van der Waals surface area contributed by atoms with Crippen molar-refractivity contribution in [2.75, 3.05) is 59.2 Å². The summed E-state index contributed by atoms with van der Waals surface area (Å²) in [6, 6.07) is 21.1. The van der Waals surface area contributed by atoms with Crippen LogP contribution >= 0.6 is 0 Å². The number of hydrogen-bond donors (Lipinski definition) is 0. The Kier molecular flexibility index (Phi) is 7.93. The summed E-state index contributed by atoms with van der Waals surface area (Å²) >= 11 is 0. The van der Waals surface area contributed by atoms with Crippen LogP contribution in [0.15, 0.2) is 60.7 Å². The smallest absolute Gasteiger partial charge is 0.254 e. The average Bonchev–Trinajstić information content (AvgIpc) is 3.60. The lowest BCUT2D eigenvalue weighted by Crippen LogP contribution is -2.49. The molecule has 0 spiro atoms. The van der Waals surface area contributed by atoms with Crippen molar-refractivity contribution in [1.29, 1.82) is 0 Å². The van der Waals surface area contributed by atoms with Crippen molar-refractivity contribution in [1.82, 2.24) is 19.3 Å². The van der Waals surface area contributed by atoms with Crippen molar-refractivity contribution in [3.05, 3.63) is 71.8 Å². The second-order valence-corrected chi connectivity index (χ2v) is 10.9. The van der Waals surface area contributed by atoms with Gasteiger partial charge in [0, 0.05) is 66.6 Å². The van der Waals surface area contributed by atoms with Gasteiger partial charge >= 0.3 is 0 Å². The average molecular weight is 541 g/mol. The number of para-hydroxylation sites is 1. The van der Waals surface area contributed by atoms with Crippen LogP contribution in [-0.4, -0.2) is 84.3 Å². The summed E-state index contributed by atoms with van der Waals surface area (Å²) in [5.74, 6) is 1.80. The molecule has 7 nitrogen and oxygen atoms in total. The molecule has 0 unspecified atom stereocenters. The lowest BCUT2D eigenvalue weighted by atomic mass is 10.1. The zero-order valence-electron chi connectivity index (χ0n) is 23.8. The Balaban J connectivity index is 1.12. The number of nitrogens with zero attached hydrogens (tertiary/aromatic N) is 4. The highest BCUT2D eigenvalue weighted by Gasteiger charge is 2.23. The monoisotopic (exact) mass is 540 g/mol. The fourth-order valence-corrected chi connectivity index (χ4v) is 6.16. The molecule has 0 saturated carbocycles. The molecule has 0 N–H and O–H groups in total. The molecule has 4 aromatic rings. The highest BCUT2D eigenvalue weighted by molar-refractivity contribution is 6.10. The van der Waals surface area contributed by atoms with Gasteiger partial charge in [0.1, 0.15) is 0 Å². The molecule has 0 atom stereocenters. The van der Waals surface area contributed by atoms with Crippen LogP contribution in [0.3, 0.4) is 0 Å². The van der Waals surface area contributed by atoms with Crippen LogP contribution in [0.25, 0.3) is 21.8 Å². The Hall–Kier alpha value is -3.55. The Morgan fingerprint density at radius 1 is 0.825 bits per heavy atom. The van der Waals surface area contributed by atoms with Crippen molar-refractivity contribution in [3.63, 3.8) is 0 Å². The number of ether oxygens (including phenoxy) is 2. The maximum absolute atomic E-state index is 13.6. The van der Waals surface area contributed by atoms with E-state index in [0.29, 0.717) is 6.79 Å². The lowest BCUT2D eigenvalue weighted by Gasteiger charge is -2.34. The summed E-state index contributed by atoms with van der Waals surface area (Å²) < 4.78 is 13.4. The molecule has 0 aliphatic carbocycles. The van der Waals surface area contributed by atoms with Gasteiger partial charge in [0.25, 0.3) is 5.91 Å². The van der Waals surface area contributed by atoms with Gasteiger partial charge in [-0.2, -0.15) is 0 Å². The Labute approximate surface area is 236 Å². The number of rotatable bonds is 10. The summed E-state index contributed by atoms with van der Waals surface area (Å²) in [5.41, 5.74) is 4.45. The van der Waals surface area contributed by atoms with Crippen LogP contribution in [-0.2, 0) is 13.0 Å². The van der Waals surface area contributed by atoms with E-state index in [1.807, 2.05) is 17.0 Å². The number of amides is 1. The SMILES string of the molecule is CCN(CC)CCCn1c2ccccc2c2ccc(C(=O)N3CCN(CCc4ccc5c(c4)OCO5)CC3)cc21. The van der Waals surface area contributed by atoms with Gasteiger partial charge in [0.2, 0.25) is 6.79 Å². The molecule has 3 aromatic carbocycles. The van der Waals surface area contributed by atoms with Crippen LogP contribution in [0.2, 0.25) is 0 Å². The summed E-state index contributed by atoms with van der Waals surface area (Å²) in [4.78, 5) is 20.6. The Bertz CT molecular complexity index is 1480. The van der Waals surface area contributed by atoms with Crippen molar-refractivity contribution in [2.45, 2.75) is 33.2 Å². The predicted octanol–water partition coefficient (Wildman–Crippen LogP) is 5.26. The van der Waals surface area contributed by atoms with E-state index >= 15 is 0 Å². The predicted molar refractivity (Wildman–Crippen MR) is 160 cm³/mol. The summed E-state index contributed by atoms with van der Waals surface area (Å²) in [6.45, 7) is 13.2. The van der Waals surface area contributed by atoms with Crippen LogP contribution in [0.5, 0.6) is 11.5 Å². The third-order valence-electron chi connectivity index (χ3n) is 8.58. The van der Waals surface area contributed by atoms with E-state index in [1.165, 1.54) is 21.9 Å². The maximum atomic E-state index is 13.6. The van der Waals surface area contributed by atoms with Crippen molar-refractivity contribution in [2.24, 2.45) is 0 Å². The first kappa shape index (κ1) is 26.7.